The quantitative estimate of drug-likeness (QED) is 0.0750. The van der Waals surface area contributed by atoms with E-state index in [1.807, 2.05) is 36.9 Å². The number of unbranched alkanes of at least 4 members (excludes halogenated alkanes) is 3. The number of ether oxygens (including phenoxy) is 1. The minimum Gasteiger partial charge on any atom is -0.378 e. The van der Waals surface area contributed by atoms with E-state index in [1.54, 1.807) is 6.20 Å². The van der Waals surface area contributed by atoms with Crippen LogP contribution in [0.4, 0.5) is 27.2 Å². The fraction of sp³-hybridized carbons (Fsp3) is 0.541. The number of urea groups is 1. The van der Waals surface area contributed by atoms with E-state index >= 15 is 0 Å². The zero-order valence-corrected chi connectivity index (χ0v) is 32.3. The molecule has 3 aliphatic heterocycles. The summed E-state index contributed by atoms with van der Waals surface area (Å²) in [6.45, 7) is 5.93. The SMILES string of the molecule is Cc1nc(NC(=O)CCNC(=O)CCCCCNC(=O)CCCCC2SCC3NC(=O)NC32)sc1-c1ccnc(Nc2ccc(N3CCOCC3)cc2)n1. The molecule has 3 aliphatic rings. The predicted molar refractivity (Wildman–Crippen MR) is 212 cm³/mol. The number of hydrogen-bond donors (Lipinski definition) is 6. The molecule has 17 heteroatoms. The molecule has 5 amide bonds. The van der Waals surface area contributed by atoms with Gasteiger partial charge in [0.15, 0.2) is 5.13 Å². The number of morpholine rings is 1. The van der Waals surface area contributed by atoms with Gasteiger partial charge in [0.05, 0.1) is 41.6 Å². The van der Waals surface area contributed by atoms with Crippen molar-refractivity contribution < 1.29 is 23.9 Å². The van der Waals surface area contributed by atoms with Gasteiger partial charge < -0.3 is 41.5 Å². The molecule has 3 fully saturated rings. The summed E-state index contributed by atoms with van der Waals surface area (Å²) in [4.78, 5) is 65.4. The lowest BCUT2D eigenvalue weighted by Gasteiger charge is -2.28. The van der Waals surface area contributed by atoms with Gasteiger partial charge >= 0.3 is 6.03 Å². The van der Waals surface area contributed by atoms with Gasteiger partial charge in [-0.1, -0.05) is 24.2 Å². The van der Waals surface area contributed by atoms with Crippen LogP contribution >= 0.6 is 23.1 Å². The number of benzene rings is 1. The second kappa shape index (κ2) is 19.7. The number of nitrogens with one attached hydrogen (secondary N) is 6. The van der Waals surface area contributed by atoms with Crippen LogP contribution in [0.1, 0.15) is 63.5 Å². The summed E-state index contributed by atoms with van der Waals surface area (Å²) < 4.78 is 5.45. The van der Waals surface area contributed by atoms with E-state index in [2.05, 4.69) is 63.9 Å². The zero-order valence-electron chi connectivity index (χ0n) is 30.7. The third-order valence-corrected chi connectivity index (χ3v) is 12.2. The standard InChI is InChI=1S/C37H50N10O5S2/c1-24-34(27-14-17-40-35(43-27)42-25-10-12-26(13-11-25)47-19-21-52-22-20-47)54-37(41-24)45-32(50)15-18-39-31(49)8-3-2-6-16-38-30(48)9-5-4-7-29-33-28(23-53-29)44-36(51)46-33/h10-14,17,28-29,33H,2-9,15-16,18-23H2,1H3,(H,38,48)(H,39,49)(H,40,42,43)(H,41,45,50)(H2,44,46,51). The zero-order chi connectivity index (χ0) is 37.7. The van der Waals surface area contributed by atoms with E-state index in [4.69, 9.17) is 4.74 Å². The van der Waals surface area contributed by atoms with Gasteiger partial charge in [-0.15, -0.1) is 0 Å². The van der Waals surface area contributed by atoms with E-state index in [0.29, 0.717) is 47.8 Å². The van der Waals surface area contributed by atoms with Crippen molar-refractivity contribution >= 4 is 69.3 Å². The molecule has 0 saturated carbocycles. The van der Waals surface area contributed by atoms with Crippen LogP contribution in [0.3, 0.4) is 0 Å². The first kappa shape index (κ1) is 39.2. The van der Waals surface area contributed by atoms with E-state index in [9.17, 15) is 19.2 Å². The monoisotopic (exact) mass is 778 g/mol. The maximum Gasteiger partial charge on any atom is 0.315 e. The third-order valence-electron chi connectivity index (χ3n) is 9.59. The number of hydrogen-bond acceptors (Lipinski definition) is 12. The normalized spacial score (nSPS) is 19.1. The molecule has 290 valence electrons. The van der Waals surface area contributed by atoms with Crippen LogP contribution in [0, 0.1) is 6.92 Å². The summed E-state index contributed by atoms with van der Waals surface area (Å²) in [5, 5.41) is 18.7. The average molecular weight is 779 g/mol. The highest BCUT2D eigenvalue weighted by Gasteiger charge is 2.42. The highest BCUT2D eigenvalue weighted by atomic mass is 32.2. The number of carbonyl (C=O) groups is 4. The topological polar surface area (TPSA) is 192 Å². The van der Waals surface area contributed by atoms with Gasteiger partial charge in [-0.05, 0) is 62.9 Å². The number of aryl methyl sites for hydroxylation is 1. The molecule has 3 aromatic rings. The van der Waals surface area contributed by atoms with E-state index < -0.39 is 0 Å². The van der Waals surface area contributed by atoms with Gasteiger partial charge in [0.1, 0.15) is 0 Å². The van der Waals surface area contributed by atoms with Crippen molar-refractivity contribution in [2.45, 2.75) is 82.0 Å². The molecule has 5 heterocycles. The lowest BCUT2D eigenvalue weighted by Crippen LogP contribution is -2.36. The molecule has 15 nitrogen and oxygen atoms in total. The predicted octanol–water partition coefficient (Wildman–Crippen LogP) is 4.34. The number of thiazole rings is 1. The second-order valence-electron chi connectivity index (χ2n) is 13.6. The minimum atomic E-state index is -0.234. The fourth-order valence-electron chi connectivity index (χ4n) is 6.70. The molecule has 3 unspecified atom stereocenters. The first-order chi connectivity index (χ1) is 26.3. The molecule has 0 aliphatic carbocycles. The van der Waals surface area contributed by atoms with Crippen molar-refractivity contribution in [1.82, 2.24) is 36.2 Å². The smallest absolute Gasteiger partial charge is 0.315 e. The largest absolute Gasteiger partial charge is 0.378 e. The number of anilines is 4. The Morgan fingerprint density at radius 2 is 1.65 bits per heavy atom. The highest BCUT2D eigenvalue weighted by molar-refractivity contribution is 8.00. The van der Waals surface area contributed by atoms with Crippen molar-refractivity contribution in [1.29, 1.82) is 0 Å². The maximum atomic E-state index is 12.6. The Bertz CT molecular complexity index is 1740. The van der Waals surface area contributed by atoms with Crippen molar-refractivity contribution in [3.05, 3.63) is 42.2 Å². The van der Waals surface area contributed by atoms with Crippen LogP contribution in [-0.2, 0) is 19.1 Å². The number of carbonyl (C=O) groups excluding carboxylic acids is 4. The number of rotatable bonds is 19. The fourth-order valence-corrected chi connectivity index (χ4v) is 9.20. The Hall–Kier alpha value is -4.48. The summed E-state index contributed by atoms with van der Waals surface area (Å²) in [7, 11) is 0. The number of nitrogens with zero attached hydrogens (tertiary/aromatic N) is 4. The van der Waals surface area contributed by atoms with Crippen LogP contribution in [0.25, 0.3) is 10.6 Å². The minimum absolute atomic E-state index is 0.0563. The molecule has 6 rings (SSSR count). The third kappa shape index (κ3) is 11.5. The Kier molecular flexibility index (Phi) is 14.3. The first-order valence-electron chi connectivity index (χ1n) is 18.8. The van der Waals surface area contributed by atoms with E-state index in [-0.39, 0.29) is 48.8 Å². The number of aromatic nitrogens is 3. The van der Waals surface area contributed by atoms with Crippen LogP contribution in [-0.4, -0.2) is 101 Å². The molecular formula is C37H50N10O5S2. The van der Waals surface area contributed by atoms with Crippen LogP contribution in [0.15, 0.2) is 36.5 Å². The molecule has 3 saturated heterocycles. The number of thioether (sulfide) groups is 1. The molecule has 0 radical (unpaired) electrons. The van der Waals surface area contributed by atoms with Gasteiger partial charge in [-0.2, -0.15) is 11.8 Å². The van der Waals surface area contributed by atoms with Gasteiger partial charge in [-0.3, -0.25) is 14.4 Å². The van der Waals surface area contributed by atoms with Crippen molar-refractivity contribution in [2.75, 3.05) is 60.7 Å². The summed E-state index contributed by atoms with van der Waals surface area (Å²) in [6, 6.07) is 10.3. The summed E-state index contributed by atoms with van der Waals surface area (Å²) >= 11 is 3.23. The van der Waals surface area contributed by atoms with Crippen LogP contribution < -0.4 is 36.8 Å². The summed E-state index contributed by atoms with van der Waals surface area (Å²) in [6.07, 6.45) is 7.83. The molecular weight excluding hydrogens is 729 g/mol. The van der Waals surface area contributed by atoms with Gasteiger partial charge in [0.25, 0.3) is 0 Å². The van der Waals surface area contributed by atoms with Crippen LogP contribution in [0.5, 0.6) is 0 Å². The van der Waals surface area contributed by atoms with Crippen molar-refractivity contribution in [3.63, 3.8) is 0 Å². The van der Waals surface area contributed by atoms with Crippen molar-refractivity contribution in [2.24, 2.45) is 0 Å². The summed E-state index contributed by atoms with van der Waals surface area (Å²) in [5.41, 5.74) is 3.47. The lowest BCUT2D eigenvalue weighted by molar-refractivity contribution is -0.122. The lowest BCUT2D eigenvalue weighted by atomic mass is 10.0. The number of fused-ring (bicyclic) bond motifs is 1. The summed E-state index contributed by atoms with van der Waals surface area (Å²) in [5.74, 6) is 1.13. The Balaban J connectivity index is 0.809. The van der Waals surface area contributed by atoms with Crippen LogP contribution in [0.2, 0.25) is 0 Å². The molecule has 6 N–H and O–H groups in total. The van der Waals surface area contributed by atoms with Crippen molar-refractivity contribution in [3.8, 4) is 10.6 Å². The first-order valence-corrected chi connectivity index (χ1v) is 20.7. The molecule has 2 aromatic heterocycles. The Labute approximate surface area is 324 Å². The molecule has 3 atom stereocenters. The second-order valence-corrected chi connectivity index (χ2v) is 15.9. The molecule has 0 bridgehead atoms. The Morgan fingerprint density at radius 1 is 0.889 bits per heavy atom. The average Bonchev–Trinajstić information content (AvgIpc) is 3.85. The van der Waals surface area contributed by atoms with Gasteiger partial charge in [0.2, 0.25) is 23.7 Å². The molecule has 1 aromatic carbocycles. The number of amides is 5. The highest BCUT2D eigenvalue weighted by Crippen LogP contribution is 2.34. The van der Waals surface area contributed by atoms with Gasteiger partial charge in [-0.25, -0.2) is 19.7 Å². The van der Waals surface area contributed by atoms with E-state index in [0.717, 1.165) is 86.1 Å². The van der Waals surface area contributed by atoms with E-state index in [1.165, 1.54) is 11.3 Å². The van der Waals surface area contributed by atoms with Gasteiger partial charge in [0, 0.05) is 74.0 Å². The molecule has 0 spiro atoms. The molecule has 54 heavy (non-hydrogen) atoms. The maximum absolute atomic E-state index is 12.6. The Morgan fingerprint density at radius 3 is 2.44 bits per heavy atom.